The van der Waals surface area contributed by atoms with Gasteiger partial charge >= 0.3 is 0 Å². The molecule has 0 spiro atoms. The van der Waals surface area contributed by atoms with Crippen molar-refractivity contribution in [3.05, 3.63) is 17.0 Å². The minimum absolute atomic E-state index is 0.133. The number of hydrogen-bond acceptors (Lipinski definition) is 3. The number of aldehydes is 1. The van der Waals surface area contributed by atoms with Crippen LogP contribution >= 0.6 is 0 Å². The van der Waals surface area contributed by atoms with Crippen LogP contribution in [0.5, 0.6) is 0 Å². The summed E-state index contributed by atoms with van der Waals surface area (Å²) < 4.78 is 1.86. The van der Waals surface area contributed by atoms with Crippen LogP contribution in [0.2, 0.25) is 0 Å². The van der Waals surface area contributed by atoms with Crippen LogP contribution in [0.15, 0.2) is 0 Å². The van der Waals surface area contributed by atoms with E-state index in [1.807, 2.05) is 4.68 Å². The Bertz CT molecular complexity index is 415. The molecule has 2 rings (SSSR count). The number of hydrogen-bond donors (Lipinski definition) is 0. The van der Waals surface area contributed by atoms with Crippen molar-refractivity contribution in [2.75, 3.05) is 13.6 Å². The van der Waals surface area contributed by atoms with E-state index in [-0.39, 0.29) is 5.54 Å². The number of rotatable bonds is 1. The molecule has 2 heterocycles. The highest BCUT2D eigenvalue weighted by Gasteiger charge is 2.27. The molecule has 88 valence electrons. The summed E-state index contributed by atoms with van der Waals surface area (Å²) in [4.78, 5) is 13.4. The first kappa shape index (κ1) is 11.3. The van der Waals surface area contributed by atoms with Gasteiger partial charge in [0, 0.05) is 18.7 Å². The normalized spacial score (nSPS) is 17.2. The summed E-state index contributed by atoms with van der Waals surface area (Å²) in [7, 11) is 2.08. The monoisotopic (exact) mass is 221 g/mol. The predicted molar refractivity (Wildman–Crippen MR) is 62.6 cm³/mol. The smallest absolute Gasteiger partial charge is 0.168 e. The molecule has 0 atom stereocenters. The highest BCUT2D eigenvalue weighted by atomic mass is 16.1. The van der Waals surface area contributed by atoms with Crippen LogP contribution in [0.3, 0.4) is 0 Å². The van der Waals surface area contributed by atoms with Gasteiger partial charge in [-0.15, -0.1) is 0 Å². The predicted octanol–water partition coefficient (Wildman–Crippen LogP) is 1.44. The average Bonchev–Trinajstić information content (AvgIpc) is 2.54. The van der Waals surface area contributed by atoms with E-state index in [4.69, 9.17) is 0 Å². The van der Waals surface area contributed by atoms with Crippen molar-refractivity contribution in [1.29, 1.82) is 0 Å². The van der Waals surface area contributed by atoms with Crippen molar-refractivity contribution >= 4 is 6.29 Å². The largest absolute Gasteiger partial charge is 0.300 e. The summed E-state index contributed by atoms with van der Waals surface area (Å²) >= 11 is 0. The summed E-state index contributed by atoms with van der Waals surface area (Å²) in [6, 6.07) is 0. The van der Waals surface area contributed by atoms with Gasteiger partial charge in [-0.25, -0.2) is 0 Å². The third-order valence-corrected chi connectivity index (χ3v) is 3.02. The fourth-order valence-corrected chi connectivity index (χ4v) is 2.18. The summed E-state index contributed by atoms with van der Waals surface area (Å²) in [5.74, 6) is 0. The molecule has 0 aromatic carbocycles. The maximum absolute atomic E-state index is 11.2. The molecule has 0 saturated carbocycles. The lowest BCUT2D eigenvalue weighted by Crippen LogP contribution is -2.26. The number of nitrogens with zero attached hydrogens (tertiary/aromatic N) is 3. The van der Waals surface area contributed by atoms with Gasteiger partial charge in [0.2, 0.25) is 0 Å². The van der Waals surface area contributed by atoms with Gasteiger partial charge in [0.25, 0.3) is 0 Å². The fourth-order valence-electron chi connectivity index (χ4n) is 2.18. The molecule has 4 nitrogen and oxygen atoms in total. The second kappa shape index (κ2) is 3.70. The topological polar surface area (TPSA) is 38.1 Å². The van der Waals surface area contributed by atoms with Gasteiger partial charge in [0.05, 0.1) is 11.2 Å². The van der Waals surface area contributed by atoms with Crippen molar-refractivity contribution in [2.24, 2.45) is 0 Å². The highest BCUT2D eigenvalue weighted by molar-refractivity contribution is 5.75. The van der Waals surface area contributed by atoms with Crippen molar-refractivity contribution < 1.29 is 4.79 Å². The average molecular weight is 221 g/mol. The quantitative estimate of drug-likeness (QED) is 0.673. The van der Waals surface area contributed by atoms with E-state index in [1.54, 1.807) is 0 Å². The number of carbonyl (C=O) groups is 1. The van der Waals surface area contributed by atoms with Crippen LogP contribution in [0.4, 0.5) is 0 Å². The van der Waals surface area contributed by atoms with Crippen LogP contribution in [0.25, 0.3) is 0 Å². The van der Waals surface area contributed by atoms with Crippen LogP contribution in [-0.2, 0) is 18.5 Å². The lowest BCUT2D eigenvalue weighted by atomic mass is 10.0. The molecule has 1 aromatic heterocycles. The van der Waals surface area contributed by atoms with Gasteiger partial charge in [0.1, 0.15) is 5.69 Å². The maximum atomic E-state index is 11.2. The maximum Gasteiger partial charge on any atom is 0.168 e. The highest BCUT2D eigenvalue weighted by Crippen LogP contribution is 2.24. The number of fused-ring (bicyclic) bond motifs is 1. The van der Waals surface area contributed by atoms with E-state index in [0.29, 0.717) is 0 Å². The Kier molecular flexibility index (Phi) is 2.62. The van der Waals surface area contributed by atoms with Crippen LogP contribution in [0.1, 0.15) is 42.5 Å². The Morgan fingerprint density at radius 2 is 2.06 bits per heavy atom. The third-order valence-electron chi connectivity index (χ3n) is 3.02. The molecule has 0 bridgehead atoms. The van der Waals surface area contributed by atoms with E-state index >= 15 is 0 Å². The zero-order chi connectivity index (χ0) is 11.9. The van der Waals surface area contributed by atoms with Gasteiger partial charge in [-0.2, -0.15) is 5.10 Å². The van der Waals surface area contributed by atoms with Gasteiger partial charge < -0.3 is 4.90 Å². The zero-order valence-electron chi connectivity index (χ0n) is 10.4. The molecule has 0 amide bonds. The first-order valence-electron chi connectivity index (χ1n) is 5.68. The molecule has 16 heavy (non-hydrogen) atoms. The lowest BCUT2D eigenvalue weighted by molar-refractivity contribution is 0.110. The molecule has 0 radical (unpaired) electrons. The molecule has 0 N–H and O–H groups in total. The molecule has 0 saturated heterocycles. The third kappa shape index (κ3) is 1.78. The Labute approximate surface area is 96.2 Å². The summed E-state index contributed by atoms with van der Waals surface area (Å²) in [5, 5.41) is 4.59. The zero-order valence-corrected chi connectivity index (χ0v) is 10.4. The number of aromatic nitrogens is 2. The van der Waals surface area contributed by atoms with Crippen LogP contribution in [0, 0.1) is 0 Å². The first-order valence-corrected chi connectivity index (χ1v) is 5.68. The Morgan fingerprint density at radius 3 is 2.62 bits per heavy atom. The fraction of sp³-hybridized carbons (Fsp3) is 0.667. The standard InChI is InChI=1S/C12H19N3O/c1-12(2,3)15-11(8-16)9-5-6-14(4)7-10(9)13-15/h8H,5-7H2,1-4H3. The first-order chi connectivity index (χ1) is 7.43. The minimum atomic E-state index is -0.133. The van der Waals surface area contributed by atoms with Crippen molar-refractivity contribution in [2.45, 2.75) is 39.3 Å². The second-order valence-electron chi connectivity index (χ2n) is 5.50. The lowest BCUT2D eigenvalue weighted by Gasteiger charge is -2.21. The molecule has 1 aliphatic heterocycles. The molecule has 1 aromatic rings. The second-order valence-corrected chi connectivity index (χ2v) is 5.50. The molecular weight excluding hydrogens is 202 g/mol. The molecule has 0 unspecified atom stereocenters. The van der Waals surface area contributed by atoms with Crippen molar-refractivity contribution in [3.63, 3.8) is 0 Å². The van der Waals surface area contributed by atoms with Gasteiger partial charge in [-0.05, 0) is 34.2 Å². The SMILES string of the molecule is CN1CCc2c(nn(C(C)(C)C)c2C=O)C1. The molecule has 4 heteroatoms. The summed E-state index contributed by atoms with van der Waals surface area (Å²) in [5.41, 5.74) is 2.83. The van der Waals surface area contributed by atoms with E-state index in [0.717, 1.165) is 42.7 Å². The van der Waals surface area contributed by atoms with Crippen LogP contribution < -0.4 is 0 Å². The van der Waals surface area contributed by atoms with Gasteiger partial charge in [-0.1, -0.05) is 0 Å². The van der Waals surface area contributed by atoms with E-state index in [9.17, 15) is 4.79 Å². The van der Waals surface area contributed by atoms with Crippen molar-refractivity contribution in [1.82, 2.24) is 14.7 Å². The molecule has 0 fully saturated rings. The molecule has 1 aliphatic rings. The summed E-state index contributed by atoms with van der Waals surface area (Å²) in [6.45, 7) is 8.06. The van der Waals surface area contributed by atoms with E-state index in [2.05, 4.69) is 37.8 Å². The Morgan fingerprint density at radius 1 is 1.38 bits per heavy atom. The van der Waals surface area contributed by atoms with E-state index in [1.165, 1.54) is 0 Å². The number of carbonyl (C=O) groups excluding carboxylic acids is 1. The summed E-state index contributed by atoms with van der Waals surface area (Å²) in [6.07, 6.45) is 1.87. The van der Waals surface area contributed by atoms with Gasteiger partial charge in [-0.3, -0.25) is 9.48 Å². The van der Waals surface area contributed by atoms with Crippen LogP contribution in [-0.4, -0.2) is 34.6 Å². The molecular formula is C12H19N3O. The Balaban J connectivity index is 2.53. The Hall–Kier alpha value is -1.16. The van der Waals surface area contributed by atoms with Crippen molar-refractivity contribution in [3.8, 4) is 0 Å². The minimum Gasteiger partial charge on any atom is -0.300 e. The van der Waals surface area contributed by atoms with Gasteiger partial charge in [0.15, 0.2) is 6.29 Å². The number of likely N-dealkylation sites (N-methyl/N-ethyl adjacent to an activating group) is 1. The molecule has 0 aliphatic carbocycles. The van der Waals surface area contributed by atoms with E-state index < -0.39 is 0 Å².